The maximum Gasteiger partial charge on any atom is 0.338 e. The number of carbonyl (C=O) groups is 1. The Morgan fingerprint density at radius 1 is 1.15 bits per heavy atom. The average Bonchev–Trinajstić information content (AvgIpc) is 3.33. The lowest BCUT2D eigenvalue weighted by Crippen LogP contribution is -2.40. The summed E-state index contributed by atoms with van der Waals surface area (Å²) in [5.41, 5.74) is 2.91. The van der Waals surface area contributed by atoms with Gasteiger partial charge in [0.25, 0.3) is 5.56 Å². The van der Waals surface area contributed by atoms with Crippen molar-refractivity contribution in [3.05, 3.63) is 117 Å². The van der Waals surface area contributed by atoms with E-state index >= 15 is 0 Å². The molecule has 4 aromatic rings. The summed E-state index contributed by atoms with van der Waals surface area (Å²) in [5.74, 6) is 0.929. The summed E-state index contributed by atoms with van der Waals surface area (Å²) < 4.78 is 26.3. The minimum Gasteiger partial charge on any atom is -0.493 e. The molecule has 0 saturated carbocycles. The Hall–Kier alpha value is -4.41. The predicted molar refractivity (Wildman–Crippen MR) is 184 cm³/mol. The number of nitrogens with zero attached hydrogens (tertiary/aromatic N) is 3. The fraction of sp³-hybridized carbons (Fsp3) is 0.257. The molecular formula is C35H32IN3O6S. The Bertz CT molecular complexity index is 2060. The minimum absolute atomic E-state index is 0.123. The predicted octanol–water partition coefficient (Wildman–Crippen LogP) is 5.65. The molecule has 0 bridgehead atoms. The number of hydrogen-bond donors (Lipinski definition) is 0. The van der Waals surface area contributed by atoms with Gasteiger partial charge in [0.1, 0.15) is 18.4 Å². The number of thiazole rings is 1. The van der Waals surface area contributed by atoms with Crippen LogP contribution in [0.1, 0.15) is 56.0 Å². The highest BCUT2D eigenvalue weighted by atomic mass is 127. The third-order valence-electron chi connectivity index (χ3n) is 7.16. The lowest BCUT2D eigenvalue weighted by Gasteiger charge is -2.26. The number of esters is 1. The highest BCUT2D eigenvalue weighted by Crippen LogP contribution is 2.37. The molecule has 0 saturated heterocycles. The number of nitriles is 1. The van der Waals surface area contributed by atoms with Gasteiger partial charge in [-0.15, -0.1) is 0 Å². The van der Waals surface area contributed by atoms with Gasteiger partial charge in [-0.05, 0) is 80.6 Å². The van der Waals surface area contributed by atoms with Gasteiger partial charge in [-0.1, -0.05) is 47.7 Å². The van der Waals surface area contributed by atoms with E-state index in [9.17, 15) is 14.9 Å². The standard InChI is InChI=1S/C35H32IN3O6S/c1-6-43-34(41)30-21(4)38-35-39(31(30)26-13-9-10-14-27(26)45-20(2)3)33(40)29(46-35)16-24-15-25(36)17-28(42-5)32(24)44-19-23-12-8-7-11-22(23)18-37/h7-17,20,31H,6,19H2,1-5H3/b29-16-/t31-/m0/s1. The van der Waals surface area contributed by atoms with E-state index in [1.165, 1.54) is 15.9 Å². The molecule has 0 unspecified atom stereocenters. The van der Waals surface area contributed by atoms with Crippen LogP contribution in [0.3, 0.4) is 0 Å². The number of benzene rings is 3. The van der Waals surface area contributed by atoms with Crippen LogP contribution in [0, 0.1) is 14.9 Å². The van der Waals surface area contributed by atoms with Crippen molar-refractivity contribution < 1.29 is 23.7 Å². The van der Waals surface area contributed by atoms with Gasteiger partial charge in [-0.25, -0.2) is 9.79 Å². The Labute approximate surface area is 284 Å². The number of para-hydroxylation sites is 1. The number of methoxy groups -OCH3 is 1. The lowest BCUT2D eigenvalue weighted by atomic mass is 9.95. The van der Waals surface area contributed by atoms with E-state index in [0.29, 0.717) is 49.0 Å². The first-order chi connectivity index (χ1) is 22.2. The van der Waals surface area contributed by atoms with E-state index in [1.54, 1.807) is 39.2 Å². The molecule has 1 aliphatic heterocycles. The molecule has 1 aromatic heterocycles. The fourth-order valence-electron chi connectivity index (χ4n) is 5.20. The van der Waals surface area contributed by atoms with Crippen LogP contribution in [0.15, 0.2) is 81.7 Å². The second kappa shape index (κ2) is 14.3. The maximum absolute atomic E-state index is 14.3. The summed E-state index contributed by atoms with van der Waals surface area (Å²) in [4.78, 5) is 32.9. The zero-order valence-corrected chi connectivity index (χ0v) is 29.0. The lowest BCUT2D eigenvalue weighted by molar-refractivity contribution is -0.139. The molecule has 0 aliphatic carbocycles. The summed E-state index contributed by atoms with van der Waals surface area (Å²) in [7, 11) is 1.55. The second-order valence-electron chi connectivity index (χ2n) is 10.6. The van der Waals surface area contributed by atoms with E-state index in [4.69, 9.17) is 23.9 Å². The number of aromatic nitrogens is 1. The highest BCUT2D eigenvalue weighted by molar-refractivity contribution is 14.1. The van der Waals surface area contributed by atoms with Crippen LogP contribution in [0.25, 0.3) is 6.08 Å². The molecule has 0 radical (unpaired) electrons. The van der Waals surface area contributed by atoms with E-state index < -0.39 is 12.0 Å². The van der Waals surface area contributed by atoms with Crippen LogP contribution in [-0.4, -0.2) is 30.4 Å². The van der Waals surface area contributed by atoms with Gasteiger partial charge >= 0.3 is 5.97 Å². The average molecular weight is 750 g/mol. The van der Waals surface area contributed by atoms with Crippen LogP contribution in [0.4, 0.5) is 0 Å². The molecular weight excluding hydrogens is 717 g/mol. The molecule has 236 valence electrons. The third kappa shape index (κ3) is 6.73. The summed E-state index contributed by atoms with van der Waals surface area (Å²) in [6.45, 7) is 7.62. The first kappa shape index (κ1) is 33.0. The number of hydrogen-bond acceptors (Lipinski definition) is 9. The molecule has 5 rings (SSSR count). The largest absolute Gasteiger partial charge is 0.493 e. The first-order valence-corrected chi connectivity index (χ1v) is 16.5. The van der Waals surface area contributed by atoms with Crippen molar-refractivity contribution in [2.75, 3.05) is 13.7 Å². The van der Waals surface area contributed by atoms with E-state index in [2.05, 4.69) is 28.7 Å². The van der Waals surface area contributed by atoms with E-state index in [1.807, 2.05) is 62.4 Å². The number of allylic oxidation sites excluding steroid dienone is 1. The van der Waals surface area contributed by atoms with E-state index in [0.717, 1.165) is 9.13 Å². The zero-order valence-electron chi connectivity index (χ0n) is 26.0. The molecule has 0 fully saturated rings. The van der Waals surface area contributed by atoms with Gasteiger partial charge in [-0.3, -0.25) is 9.36 Å². The zero-order chi connectivity index (χ0) is 33.0. The summed E-state index contributed by atoms with van der Waals surface area (Å²) in [5, 5.41) is 9.56. The number of ether oxygens (including phenoxy) is 4. The van der Waals surface area contributed by atoms with Crippen molar-refractivity contribution in [2.24, 2.45) is 4.99 Å². The molecule has 1 aliphatic rings. The maximum atomic E-state index is 14.3. The molecule has 9 nitrogen and oxygen atoms in total. The van der Waals surface area contributed by atoms with Gasteiger partial charge in [0.2, 0.25) is 0 Å². The van der Waals surface area contributed by atoms with Crippen LogP contribution < -0.4 is 29.1 Å². The molecule has 0 N–H and O–H groups in total. The van der Waals surface area contributed by atoms with Crippen LogP contribution in [-0.2, 0) is 16.1 Å². The number of halogens is 1. The molecule has 2 heterocycles. The molecule has 3 aromatic carbocycles. The Kier molecular flexibility index (Phi) is 10.3. The number of fused-ring (bicyclic) bond motifs is 1. The quantitative estimate of drug-likeness (QED) is 0.152. The molecule has 46 heavy (non-hydrogen) atoms. The third-order valence-corrected chi connectivity index (χ3v) is 8.76. The van der Waals surface area contributed by atoms with Crippen molar-refractivity contribution in [1.82, 2.24) is 4.57 Å². The molecule has 0 amide bonds. The van der Waals surface area contributed by atoms with Gasteiger partial charge in [0.15, 0.2) is 16.3 Å². The van der Waals surface area contributed by atoms with Crippen LogP contribution in [0.2, 0.25) is 0 Å². The van der Waals surface area contributed by atoms with Crippen LogP contribution in [0.5, 0.6) is 17.2 Å². The summed E-state index contributed by atoms with van der Waals surface area (Å²) >= 11 is 3.40. The van der Waals surface area contributed by atoms with Crippen molar-refractivity contribution in [3.8, 4) is 23.3 Å². The molecule has 1 atom stereocenters. The Morgan fingerprint density at radius 2 is 1.89 bits per heavy atom. The monoisotopic (exact) mass is 749 g/mol. The molecule has 0 spiro atoms. The van der Waals surface area contributed by atoms with Gasteiger partial charge in [-0.2, -0.15) is 5.26 Å². The number of rotatable bonds is 10. The summed E-state index contributed by atoms with van der Waals surface area (Å²) in [6, 6.07) is 19.7. The smallest absolute Gasteiger partial charge is 0.338 e. The Morgan fingerprint density at radius 3 is 2.61 bits per heavy atom. The summed E-state index contributed by atoms with van der Waals surface area (Å²) in [6.07, 6.45) is 1.61. The van der Waals surface area contributed by atoms with E-state index in [-0.39, 0.29) is 30.5 Å². The van der Waals surface area contributed by atoms with Crippen molar-refractivity contribution in [1.29, 1.82) is 5.26 Å². The molecule has 11 heteroatoms. The highest BCUT2D eigenvalue weighted by Gasteiger charge is 2.35. The first-order valence-electron chi connectivity index (χ1n) is 14.6. The Balaban J connectivity index is 1.70. The minimum atomic E-state index is -0.823. The number of carbonyl (C=O) groups excluding carboxylic acids is 1. The van der Waals surface area contributed by atoms with Crippen molar-refractivity contribution in [3.63, 3.8) is 0 Å². The van der Waals surface area contributed by atoms with Crippen LogP contribution >= 0.6 is 33.9 Å². The fourth-order valence-corrected chi connectivity index (χ4v) is 6.86. The SMILES string of the molecule is CCOC(=O)C1=C(C)N=c2s/c(=C\c3cc(I)cc(OC)c3OCc3ccccc3C#N)c(=O)n2[C@H]1c1ccccc1OC(C)C. The van der Waals surface area contributed by atoms with Gasteiger partial charge < -0.3 is 18.9 Å². The topological polar surface area (TPSA) is 112 Å². The van der Waals surface area contributed by atoms with Crippen molar-refractivity contribution >= 4 is 46.0 Å². The van der Waals surface area contributed by atoms with Gasteiger partial charge in [0.05, 0.1) is 47.3 Å². The second-order valence-corrected chi connectivity index (χ2v) is 12.8. The van der Waals surface area contributed by atoms with Gasteiger partial charge in [0, 0.05) is 20.3 Å². The normalized spacial score (nSPS) is 14.4. The van der Waals surface area contributed by atoms with Crippen molar-refractivity contribution in [2.45, 2.75) is 46.4 Å².